The fourth-order valence-corrected chi connectivity index (χ4v) is 2.36. The van der Waals surface area contributed by atoms with Crippen LogP contribution in [0.2, 0.25) is 5.02 Å². The topological polar surface area (TPSA) is 29.1 Å². The predicted molar refractivity (Wildman–Crippen MR) is 80.8 cm³/mol. The molecule has 0 saturated carbocycles. The fourth-order valence-electron chi connectivity index (χ4n) is 1.72. The number of hydrogen-bond acceptors (Lipinski definition) is 2. The zero-order valence-electron chi connectivity index (χ0n) is 10.8. The van der Waals surface area contributed by atoms with Crippen LogP contribution in [0.4, 0.5) is 4.39 Å². The molecule has 2 nitrogen and oxygen atoms in total. The molecule has 104 valence electrons. The van der Waals surface area contributed by atoms with Crippen LogP contribution in [-0.2, 0) is 6.54 Å². The SMILES string of the molecule is CSc1ccc(Cl)c(C(=O)NCc2ccccc2F)c1. The monoisotopic (exact) mass is 309 g/mol. The van der Waals surface area contributed by atoms with E-state index < -0.39 is 0 Å². The van der Waals surface area contributed by atoms with Crippen LogP contribution in [0.3, 0.4) is 0 Å². The van der Waals surface area contributed by atoms with Crippen molar-refractivity contribution in [1.82, 2.24) is 5.32 Å². The van der Waals surface area contributed by atoms with Crippen molar-refractivity contribution >= 4 is 29.3 Å². The predicted octanol–water partition coefficient (Wildman–Crippen LogP) is 4.13. The third kappa shape index (κ3) is 3.52. The van der Waals surface area contributed by atoms with Crippen LogP contribution in [0.5, 0.6) is 0 Å². The van der Waals surface area contributed by atoms with E-state index >= 15 is 0 Å². The highest BCUT2D eigenvalue weighted by atomic mass is 35.5. The lowest BCUT2D eigenvalue weighted by Crippen LogP contribution is -2.23. The summed E-state index contributed by atoms with van der Waals surface area (Å²) in [5.74, 6) is -0.647. The Hall–Kier alpha value is -1.52. The van der Waals surface area contributed by atoms with Gasteiger partial charge in [-0.1, -0.05) is 29.8 Å². The molecule has 0 aliphatic carbocycles. The summed E-state index contributed by atoms with van der Waals surface area (Å²) in [6.07, 6.45) is 1.92. The van der Waals surface area contributed by atoms with Gasteiger partial charge in [-0.2, -0.15) is 0 Å². The van der Waals surface area contributed by atoms with E-state index in [2.05, 4.69) is 5.32 Å². The smallest absolute Gasteiger partial charge is 0.253 e. The normalized spacial score (nSPS) is 10.3. The number of carbonyl (C=O) groups is 1. The van der Waals surface area contributed by atoms with Gasteiger partial charge in [-0.25, -0.2) is 4.39 Å². The van der Waals surface area contributed by atoms with Crippen LogP contribution in [0, 0.1) is 5.82 Å². The van der Waals surface area contributed by atoms with Crippen LogP contribution >= 0.6 is 23.4 Å². The third-order valence-corrected chi connectivity index (χ3v) is 3.87. The minimum Gasteiger partial charge on any atom is -0.348 e. The Labute approximate surface area is 126 Å². The van der Waals surface area contributed by atoms with Crippen molar-refractivity contribution < 1.29 is 9.18 Å². The molecular formula is C15H13ClFNOS. The molecule has 1 amide bonds. The molecule has 0 heterocycles. The lowest BCUT2D eigenvalue weighted by Gasteiger charge is -2.08. The first kappa shape index (κ1) is 14.9. The van der Waals surface area contributed by atoms with E-state index in [-0.39, 0.29) is 18.3 Å². The standard InChI is InChI=1S/C15H13ClFNOS/c1-20-11-6-7-13(16)12(8-11)15(19)18-9-10-4-2-3-5-14(10)17/h2-8H,9H2,1H3,(H,18,19). The highest BCUT2D eigenvalue weighted by Crippen LogP contribution is 2.23. The Morgan fingerprint density at radius 1 is 1.30 bits per heavy atom. The average molecular weight is 310 g/mol. The van der Waals surface area contributed by atoms with Gasteiger partial charge in [0.15, 0.2) is 0 Å². The van der Waals surface area contributed by atoms with Gasteiger partial charge in [0.25, 0.3) is 5.91 Å². The summed E-state index contributed by atoms with van der Waals surface area (Å²) in [7, 11) is 0. The largest absolute Gasteiger partial charge is 0.348 e. The lowest BCUT2D eigenvalue weighted by atomic mass is 10.2. The number of benzene rings is 2. The molecule has 1 N–H and O–H groups in total. The fraction of sp³-hybridized carbons (Fsp3) is 0.133. The first-order valence-electron chi connectivity index (χ1n) is 5.97. The van der Waals surface area contributed by atoms with Crippen molar-refractivity contribution in [2.45, 2.75) is 11.4 Å². The summed E-state index contributed by atoms with van der Waals surface area (Å²) < 4.78 is 13.5. The van der Waals surface area contributed by atoms with E-state index in [1.54, 1.807) is 30.3 Å². The molecule has 2 aromatic carbocycles. The number of rotatable bonds is 4. The van der Waals surface area contributed by atoms with E-state index in [0.717, 1.165) is 4.90 Å². The van der Waals surface area contributed by atoms with Crippen molar-refractivity contribution in [2.75, 3.05) is 6.26 Å². The molecular weight excluding hydrogens is 297 g/mol. The van der Waals surface area contributed by atoms with Gasteiger partial charge in [0.05, 0.1) is 10.6 Å². The van der Waals surface area contributed by atoms with Crippen molar-refractivity contribution in [3.63, 3.8) is 0 Å². The lowest BCUT2D eigenvalue weighted by molar-refractivity contribution is 0.0950. The number of amides is 1. The summed E-state index contributed by atoms with van der Waals surface area (Å²) in [5.41, 5.74) is 0.841. The summed E-state index contributed by atoms with van der Waals surface area (Å²) in [6, 6.07) is 11.6. The molecule has 0 bridgehead atoms. The maximum atomic E-state index is 13.5. The molecule has 0 fully saturated rings. The van der Waals surface area contributed by atoms with Crippen LogP contribution in [-0.4, -0.2) is 12.2 Å². The summed E-state index contributed by atoms with van der Waals surface area (Å²) in [5, 5.41) is 3.06. The van der Waals surface area contributed by atoms with Gasteiger partial charge in [-0.3, -0.25) is 4.79 Å². The van der Waals surface area contributed by atoms with Crippen molar-refractivity contribution in [2.24, 2.45) is 0 Å². The number of hydrogen-bond donors (Lipinski definition) is 1. The molecule has 0 atom stereocenters. The molecule has 20 heavy (non-hydrogen) atoms. The van der Waals surface area contributed by atoms with Crippen LogP contribution in [0.1, 0.15) is 15.9 Å². The molecule has 0 aromatic heterocycles. The first-order valence-corrected chi connectivity index (χ1v) is 7.57. The molecule has 0 aliphatic heterocycles. The van der Waals surface area contributed by atoms with Crippen molar-refractivity contribution in [1.29, 1.82) is 0 Å². The maximum Gasteiger partial charge on any atom is 0.253 e. The van der Waals surface area contributed by atoms with Crippen LogP contribution < -0.4 is 5.32 Å². The van der Waals surface area contributed by atoms with Crippen LogP contribution in [0.15, 0.2) is 47.4 Å². The second kappa shape index (κ2) is 6.77. The number of thioether (sulfide) groups is 1. The second-order valence-electron chi connectivity index (χ2n) is 4.12. The molecule has 0 saturated heterocycles. The minimum absolute atomic E-state index is 0.130. The van der Waals surface area contributed by atoms with Crippen LogP contribution in [0.25, 0.3) is 0 Å². The summed E-state index contributed by atoms with van der Waals surface area (Å²) in [6.45, 7) is 0.130. The number of halogens is 2. The average Bonchev–Trinajstić information content (AvgIpc) is 2.46. The quantitative estimate of drug-likeness (QED) is 0.860. The van der Waals surface area contributed by atoms with Gasteiger partial charge in [0.2, 0.25) is 0 Å². The molecule has 0 unspecified atom stereocenters. The molecule has 2 aromatic rings. The molecule has 0 spiro atoms. The Morgan fingerprint density at radius 3 is 2.75 bits per heavy atom. The number of nitrogens with one attached hydrogen (secondary N) is 1. The third-order valence-electron chi connectivity index (χ3n) is 2.82. The van der Waals surface area contributed by atoms with Crippen molar-refractivity contribution in [3.8, 4) is 0 Å². The summed E-state index contributed by atoms with van der Waals surface area (Å²) in [4.78, 5) is 13.0. The molecule has 2 rings (SSSR count). The van der Waals surface area contributed by atoms with Gasteiger partial charge in [-0.05, 0) is 30.5 Å². The van der Waals surface area contributed by atoms with Gasteiger partial charge in [0.1, 0.15) is 5.82 Å². The number of carbonyl (C=O) groups excluding carboxylic acids is 1. The van der Waals surface area contributed by atoms with Gasteiger partial charge in [-0.15, -0.1) is 11.8 Å². The maximum absolute atomic E-state index is 13.5. The van der Waals surface area contributed by atoms with E-state index in [4.69, 9.17) is 11.6 Å². The molecule has 0 radical (unpaired) electrons. The zero-order chi connectivity index (χ0) is 14.5. The van der Waals surface area contributed by atoms with Crippen molar-refractivity contribution in [3.05, 3.63) is 64.4 Å². The van der Waals surface area contributed by atoms with E-state index in [1.807, 2.05) is 12.3 Å². The van der Waals surface area contributed by atoms with Gasteiger partial charge >= 0.3 is 0 Å². The zero-order valence-corrected chi connectivity index (χ0v) is 12.4. The highest BCUT2D eigenvalue weighted by molar-refractivity contribution is 7.98. The van der Waals surface area contributed by atoms with Gasteiger partial charge < -0.3 is 5.32 Å². The highest BCUT2D eigenvalue weighted by Gasteiger charge is 2.11. The van der Waals surface area contributed by atoms with Gasteiger partial charge in [0, 0.05) is 17.0 Å². The Balaban J connectivity index is 2.11. The Bertz CT molecular complexity index is 633. The van der Waals surface area contributed by atoms with E-state index in [0.29, 0.717) is 16.1 Å². The second-order valence-corrected chi connectivity index (χ2v) is 5.41. The first-order chi connectivity index (χ1) is 9.61. The summed E-state index contributed by atoms with van der Waals surface area (Å²) >= 11 is 7.54. The Kier molecular flexibility index (Phi) is 5.04. The Morgan fingerprint density at radius 2 is 2.05 bits per heavy atom. The van der Waals surface area contributed by atoms with E-state index in [1.165, 1.54) is 17.8 Å². The molecule has 5 heteroatoms. The minimum atomic E-state index is -0.336. The van der Waals surface area contributed by atoms with E-state index in [9.17, 15) is 9.18 Å². The molecule has 0 aliphatic rings.